The summed E-state index contributed by atoms with van der Waals surface area (Å²) >= 11 is 0. The standard InChI is InChI=1S/C25H27F2N3O4S/c1-5-15(2)30-14-21(25(32)29-12-19-9-10-20(13-28-19)35(4,33)34)23(31)22(16(30)3)17-7-6-8-18(11-17)24(26)27/h6-11,13-15,24H,5,12H2,1-4H3,(H,29,32)/t15-/m0/s1. The molecule has 1 N–H and O–H groups in total. The number of rotatable bonds is 8. The van der Waals surface area contributed by atoms with Gasteiger partial charge in [0.15, 0.2) is 9.84 Å². The zero-order chi connectivity index (χ0) is 25.9. The Balaban J connectivity index is 2.01. The van der Waals surface area contributed by atoms with Gasteiger partial charge < -0.3 is 9.88 Å². The first-order chi connectivity index (χ1) is 16.4. The van der Waals surface area contributed by atoms with E-state index in [1.165, 1.54) is 42.7 Å². The molecule has 0 spiro atoms. The maximum Gasteiger partial charge on any atom is 0.263 e. The highest BCUT2D eigenvalue weighted by Gasteiger charge is 2.22. The van der Waals surface area contributed by atoms with E-state index in [-0.39, 0.29) is 34.2 Å². The largest absolute Gasteiger partial charge is 0.347 e. The van der Waals surface area contributed by atoms with Gasteiger partial charge in [-0.3, -0.25) is 14.6 Å². The van der Waals surface area contributed by atoms with Gasteiger partial charge in [0.2, 0.25) is 5.43 Å². The predicted molar refractivity (Wildman–Crippen MR) is 129 cm³/mol. The molecule has 1 aromatic carbocycles. The average Bonchev–Trinajstić information content (AvgIpc) is 2.82. The third-order valence-corrected chi connectivity index (χ3v) is 6.98. The monoisotopic (exact) mass is 503 g/mol. The molecule has 0 unspecified atom stereocenters. The lowest BCUT2D eigenvalue weighted by Gasteiger charge is -2.22. The van der Waals surface area contributed by atoms with Gasteiger partial charge in [-0.15, -0.1) is 0 Å². The first kappa shape index (κ1) is 26.2. The Morgan fingerprint density at radius 1 is 1.20 bits per heavy atom. The lowest BCUT2D eigenvalue weighted by Crippen LogP contribution is -2.31. The molecule has 10 heteroatoms. The maximum absolute atomic E-state index is 13.4. The van der Waals surface area contributed by atoms with Crippen molar-refractivity contribution < 1.29 is 22.0 Å². The molecule has 3 rings (SSSR count). The van der Waals surface area contributed by atoms with E-state index in [4.69, 9.17) is 0 Å². The molecule has 0 radical (unpaired) electrons. The number of sulfone groups is 1. The Morgan fingerprint density at radius 3 is 2.49 bits per heavy atom. The average molecular weight is 504 g/mol. The van der Waals surface area contributed by atoms with Crippen LogP contribution in [0.2, 0.25) is 0 Å². The van der Waals surface area contributed by atoms with E-state index in [0.29, 0.717) is 17.0 Å². The van der Waals surface area contributed by atoms with Gasteiger partial charge in [0.25, 0.3) is 12.3 Å². The van der Waals surface area contributed by atoms with Crippen molar-refractivity contribution in [2.45, 2.75) is 51.1 Å². The minimum Gasteiger partial charge on any atom is -0.347 e. The van der Waals surface area contributed by atoms with Crippen LogP contribution in [0, 0.1) is 6.92 Å². The molecule has 0 aliphatic heterocycles. The topological polar surface area (TPSA) is 98.1 Å². The number of alkyl halides is 2. The summed E-state index contributed by atoms with van der Waals surface area (Å²) in [4.78, 5) is 30.5. The quantitative estimate of drug-likeness (QED) is 0.489. The third-order valence-electron chi connectivity index (χ3n) is 5.88. The van der Waals surface area contributed by atoms with E-state index in [0.717, 1.165) is 12.7 Å². The molecule has 2 aromatic heterocycles. The number of aromatic nitrogens is 2. The van der Waals surface area contributed by atoms with Crippen LogP contribution in [-0.4, -0.2) is 30.1 Å². The fourth-order valence-corrected chi connectivity index (χ4v) is 4.27. The number of nitrogens with one attached hydrogen (secondary N) is 1. The minimum absolute atomic E-state index is 0.0320. The summed E-state index contributed by atoms with van der Waals surface area (Å²) in [5.41, 5.74) is 0.587. The summed E-state index contributed by atoms with van der Waals surface area (Å²) in [5.74, 6) is -0.646. The van der Waals surface area contributed by atoms with Gasteiger partial charge in [0.1, 0.15) is 5.56 Å². The van der Waals surface area contributed by atoms with Crippen LogP contribution < -0.4 is 10.7 Å². The lowest BCUT2D eigenvalue weighted by atomic mass is 9.98. The Kier molecular flexibility index (Phi) is 7.84. The SMILES string of the molecule is CC[C@H](C)n1cc(C(=O)NCc2ccc(S(C)(=O)=O)cn2)c(=O)c(-c2cccc(C(F)F)c2)c1C. The first-order valence-corrected chi connectivity index (χ1v) is 12.9. The molecule has 0 aliphatic carbocycles. The fraction of sp³-hybridized carbons (Fsp3) is 0.320. The third kappa shape index (κ3) is 5.82. The highest BCUT2D eigenvalue weighted by Crippen LogP contribution is 2.28. The molecule has 186 valence electrons. The molecule has 35 heavy (non-hydrogen) atoms. The Labute approximate surface area is 202 Å². The number of hydrogen-bond acceptors (Lipinski definition) is 5. The molecule has 0 bridgehead atoms. The minimum atomic E-state index is -3.40. The number of carbonyl (C=O) groups excluding carboxylic acids is 1. The number of benzene rings is 1. The highest BCUT2D eigenvalue weighted by atomic mass is 32.2. The van der Waals surface area contributed by atoms with Crippen molar-refractivity contribution in [3.8, 4) is 11.1 Å². The molecule has 2 heterocycles. The zero-order valence-electron chi connectivity index (χ0n) is 19.9. The van der Waals surface area contributed by atoms with Crippen LogP contribution in [-0.2, 0) is 16.4 Å². The van der Waals surface area contributed by atoms with Crippen molar-refractivity contribution in [2.24, 2.45) is 0 Å². The van der Waals surface area contributed by atoms with Crippen LogP contribution in [0.4, 0.5) is 8.78 Å². The number of nitrogens with zero attached hydrogens (tertiary/aromatic N) is 2. The van der Waals surface area contributed by atoms with Crippen LogP contribution in [0.3, 0.4) is 0 Å². The van der Waals surface area contributed by atoms with Gasteiger partial charge in [-0.25, -0.2) is 17.2 Å². The maximum atomic E-state index is 13.4. The molecule has 0 aliphatic rings. The second kappa shape index (κ2) is 10.5. The molecular weight excluding hydrogens is 476 g/mol. The summed E-state index contributed by atoms with van der Waals surface area (Å²) in [6.45, 7) is 5.60. The fourth-order valence-electron chi connectivity index (χ4n) is 3.71. The van der Waals surface area contributed by atoms with Crippen molar-refractivity contribution in [2.75, 3.05) is 6.26 Å². The van der Waals surface area contributed by atoms with Gasteiger partial charge in [0.05, 0.1) is 17.1 Å². The zero-order valence-corrected chi connectivity index (χ0v) is 20.7. The molecule has 0 saturated carbocycles. The second-order valence-electron chi connectivity index (χ2n) is 8.36. The number of halogens is 2. The molecular formula is C25H27F2N3O4S. The van der Waals surface area contributed by atoms with Gasteiger partial charge in [0, 0.05) is 41.5 Å². The number of carbonyl (C=O) groups is 1. The van der Waals surface area contributed by atoms with Gasteiger partial charge in [-0.05, 0) is 44.0 Å². The van der Waals surface area contributed by atoms with E-state index >= 15 is 0 Å². The Bertz CT molecular complexity index is 1400. The molecule has 3 aromatic rings. The van der Waals surface area contributed by atoms with Crippen LogP contribution in [0.5, 0.6) is 0 Å². The Hall–Kier alpha value is -3.40. The van der Waals surface area contributed by atoms with E-state index in [1.54, 1.807) is 17.6 Å². The smallest absolute Gasteiger partial charge is 0.263 e. The van der Waals surface area contributed by atoms with Crippen LogP contribution in [0.1, 0.15) is 60.0 Å². The van der Waals surface area contributed by atoms with Crippen molar-refractivity contribution in [1.29, 1.82) is 0 Å². The lowest BCUT2D eigenvalue weighted by molar-refractivity contribution is 0.0948. The summed E-state index contributed by atoms with van der Waals surface area (Å²) in [7, 11) is -3.40. The van der Waals surface area contributed by atoms with E-state index in [9.17, 15) is 26.8 Å². The van der Waals surface area contributed by atoms with Crippen molar-refractivity contribution >= 4 is 15.7 Å². The van der Waals surface area contributed by atoms with E-state index in [1.807, 2.05) is 13.8 Å². The molecule has 0 saturated heterocycles. The molecule has 1 atom stereocenters. The molecule has 0 fully saturated rings. The summed E-state index contributed by atoms with van der Waals surface area (Å²) in [6.07, 6.45) is 1.78. The summed E-state index contributed by atoms with van der Waals surface area (Å²) in [5, 5.41) is 2.64. The van der Waals surface area contributed by atoms with Crippen molar-refractivity contribution in [3.63, 3.8) is 0 Å². The molecule has 1 amide bonds. The Morgan fingerprint density at radius 2 is 1.91 bits per heavy atom. The van der Waals surface area contributed by atoms with Crippen molar-refractivity contribution in [1.82, 2.24) is 14.9 Å². The summed E-state index contributed by atoms with van der Waals surface area (Å²) < 4.78 is 51.6. The van der Waals surface area contributed by atoms with Crippen molar-refractivity contribution in [3.05, 3.63) is 81.5 Å². The van der Waals surface area contributed by atoms with Gasteiger partial charge in [-0.1, -0.05) is 25.1 Å². The first-order valence-electron chi connectivity index (χ1n) is 11.0. The van der Waals surface area contributed by atoms with E-state index < -0.39 is 27.6 Å². The van der Waals surface area contributed by atoms with Gasteiger partial charge >= 0.3 is 0 Å². The molecule has 7 nitrogen and oxygen atoms in total. The summed E-state index contributed by atoms with van der Waals surface area (Å²) in [6, 6.07) is 8.40. The van der Waals surface area contributed by atoms with Crippen LogP contribution in [0.25, 0.3) is 11.1 Å². The number of hydrogen-bond donors (Lipinski definition) is 1. The highest BCUT2D eigenvalue weighted by molar-refractivity contribution is 7.90. The van der Waals surface area contributed by atoms with E-state index in [2.05, 4.69) is 10.3 Å². The number of pyridine rings is 2. The number of amides is 1. The predicted octanol–water partition coefficient (Wildman–Crippen LogP) is 4.46. The van der Waals surface area contributed by atoms with Crippen LogP contribution in [0.15, 0.2) is 58.5 Å². The second-order valence-corrected chi connectivity index (χ2v) is 10.4. The normalized spacial score (nSPS) is 12.5. The van der Waals surface area contributed by atoms with Gasteiger partial charge in [-0.2, -0.15) is 0 Å². The van der Waals surface area contributed by atoms with Crippen LogP contribution >= 0.6 is 0 Å².